The first kappa shape index (κ1) is 36.3. The van der Waals surface area contributed by atoms with Crippen molar-refractivity contribution in [2.75, 3.05) is 42.4 Å². The number of nitrogen functional groups attached to an aromatic ring is 2. The first-order chi connectivity index (χ1) is 22.7. The fourth-order valence-corrected chi connectivity index (χ4v) is 7.55. The van der Waals surface area contributed by atoms with Crippen LogP contribution in [-0.2, 0) is 41.3 Å². The lowest BCUT2D eigenvalue weighted by Crippen LogP contribution is -2.37. The third-order valence-corrected chi connectivity index (χ3v) is 10.4. The van der Waals surface area contributed by atoms with Gasteiger partial charge < -0.3 is 61.0 Å². The second kappa shape index (κ2) is 14.9. The minimum Gasteiger partial charge on any atom is -0.387 e. The van der Waals surface area contributed by atoms with Gasteiger partial charge in [0.15, 0.2) is 23.5 Å². The Balaban J connectivity index is 1.05. The van der Waals surface area contributed by atoms with Crippen LogP contribution in [0, 0.1) is 0 Å². The van der Waals surface area contributed by atoms with Crippen LogP contribution in [0.2, 0.25) is 0 Å². The Morgan fingerprint density at radius 1 is 1.12 bits per heavy atom. The average molecular weight is 744 g/mol. The van der Waals surface area contributed by atoms with Crippen LogP contribution in [0.1, 0.15) is 19.1 Å². The number of aliphatic hydroxyl groups excluding tert-OH is 2. The smallest absolute Gasteiger partial charge is 0.387 e. The molecule has 0 radical (unpaired) electrons. The number of rotatable bonds is 15. The molecule has 5 heterocycles. The highest BCUT2D eigenvalue weighted by atomic mass is 31.3. The SMILES string of the molecule is CNc1c(NC2OC(COP(O)OP(=O)(O)OP(=O)(O)OOCC3CC[C@H](n4cnc5c(N)ncnc54)O3)C(O)C2O)nc(N)[nH]c1=O. The van der Waals surface area contributed by atoms with E-state index in [1.807, 2.05) is 0 Å². The summed E-state index contributed by atoms with van der Waals surface area (Å²) in [5, 5.41) is 25.9. The quantitative estimate of drug-likeness (QED) is 0.0494. The van der Waals surface area contributed by atoms with Crippen LogP contribution < -0.4 is 27.7 Å². The normalized spacial score (nSPS) is 27.5. The van der Waals surface area contributed by atoms with Gasteiger partial charge in [0.1, 0.15) is 48.7 Å². The number of H-pyrrole nitrogens is 1. The molecule has 0 aromatic carbocycles. The average Bonchev–Trinajstić information content (AvgIpc) is 3.70. The van der Waals surface area contributed by atoms with Crippen LogP contribution in [0.5, 0.6) is 0 Å². The zero-order chi connectivity index (χ0) is 34.8. The minimum atomic E-state index is -5.52. The van der Waals surface area contributed by atoms with Crippen LogP contribution in [0.4, 0.5) is 23.3 Å². The number of anilines is 4. The monoisotopic (exact) mass is 744 g/mol. The number of phosphoric acid groups is 2. The van der Waals surface area contributed by atoms with E-state index in [2.05, 4.69) is 48.8 Å². The number of hydrogen-bond acceptors (Lipinski definition) is 21. The molecule has 25 nitrogen and oxygen atoms in total. The van der Waals surface area contributed by atoms with Gasteiger partial charge in [0.25, 0.3) is 5.56 Å². The Morgan fingerprint density at radius 3 is 2.65 bits per heavy atom. The number of fused-ring (bicyclic) bond motifs is 1. The summed E-state index contributed by atoms with van der Waals surface area (Å²) in [6.45, 7) is -1.12. The molecule has 2 aliphatic heterocycles. The molecule has 8 unspecified atom stereocenters. The fourth-order valence-electron chi connectivity index (χ4n) is 4.64. The van der Waals surface area contributed by atoms with Crippen LogP contribution in [0.15, 0.2) is 17.4 Å². The van der Waals surface area contributed by atoms with E-state index >= 15 is 0 Å². The molecule has 9 atom stereocenters. The largest absolute Gasteiger partial charge is 0.508 e. The Kier molecular flexibility index (Phi) is 11.3. The van der Waals surface area contributed by atoms with Crippen LogP contribution in [0.25, 0.3) is 11.2 Å². The van der Waals surface area contributed by atoms with E-state index < -0.39 is 79.9 Å². The van der Waals surface area contributed by atoms with Gasteiger partial charge in [-0.15, -0.1) is 4.67 Å². The van der Waals surface area contributed by atoms with Crippen molar-refractivity contribution in [2.45, 2.75) is 49.7 Å². The number of nitrogens with two attached hydrogens (primary N) is 2. The standard InChI is InChI=1S/C20H31N10O15P3/c1-23-12-16(28-20(22)29-18(12)33)27-19-14(32)13(31)9(42-19)5-40-46(34)44-48(37,38)45-47(35,36)43-39-4-8-2-3-10(41-8)30-7-26-11-15(21)24-6-25-17(11)30/h6-10,13-14,19,23,31-32,34H,2-5H2,1H3,(H,35,36)(H,37,38)(H2,21,24,25)(H4,22,27,28,29,33)/t8?,9?,10-,13?,14?,19?,46?/m1/s1. The summed E-state index contributed by atoms with van der Waals surface area (Å²) in [5.74, 6) is -0.182. The molecule has 0 saturated carbocycles. The van der Waals surface area contributed by atoms with Gasteiger partial charge in [-0.1, -0.05) is 0 Å². The van der Waals surface area contributed by atoms with Gasteiger partial charge >= 0.3 is 24.2 Å². The number of nitrogens with one attached hydrogen (secondary N) is 3. The van der Waals surface area contributed by atoms with E-state index in [0.717, 1.165) is 0 Å². The number of aromatic amines is 1. The molecule has 0 bridgehead atoms. The highest BCUT2D eigenvalue weighted by Gasteiger charge is 2.45. The molecular formula is C20H31N10O15P3. The van der Waals surface area contributed by atoms with Crippen molar-refractivity contribution in [2.24, 2.45) is 0 Å². The molecule has 0 spiro atoms. The molecule has 12 N–H and O–H groups in total. The molecule has 266 valence electrons. The van der Waals surface area contributed by atoms with Crippen LogP contribution >= 0.6 is 24.2 Å². The van der Waals surface area contributed by atoms with E-state index in [4.69, 9.17) is 30.4 Å². The van der Waals surface area contributed by atoms with Gasteiger partial charge in [-0.2, -0.15) is 9.29 Å². The topological polar surface area (TPSA) is 365 Å². The second-order valence-corrected chi connectivity index (χ2v) is 14.1. The van der Waals surface area contributed by atoms with Gasteiger partial charge in [0.05, 0.1) is 19.0 Å². The number of aromatic nitrogens is 6. The van der Waals surface area contributed by atoms with E-state index in [-0.39, 0.29) is 23.3 Å². The number of ether oxygens (including phenoxy) is 2. The summed E-state index contributed by atoms with van der Waals surface area (Å²) < 4.78 is 54.9. The first-order valence-electron chi connectivity index (χ1n) is 13.6. The highest BCUT2D eigenvalue weighted by Crippen LogP contribution is 2.65. The predicted octanol–water partition coefficient (Wildman–Crippen LogP) is -1.23. The summed E-state index contributed by atoms with van der Waals surface area (Å²) in [4.78, 5) is 64.7. The van der Waals surface area contributed by atoms with E-state index in [0.29, 0.717) is 24.0 Å². The van der Waals surface area contributed by atoms with Gasteiger partial charge in [-0.05, 0) is 12.8 Å². The third kappa shape index (κ3) is 8.60. The summed E-state index contributed by atoms with van der Waals surface area (Å²) in [7, 11) is -12.8. The molecule has 2 aliphatic rings. The molecular weight excluding hydrogens is 713 g/mol. The second-order valence-electron chi connectivity index (χ2n) is 10.0. The lowest BCUT2D eigenvalue weighted by Gasteiger charge is -2.20. The third-order valence-electron chi connectivity index (χ3n) is 6.74. The van der Waals surface area contributed by atoms with Crippen molar-refractivity contribution in [1.82, 2.24) is 29.5 Å². The lowest BCUT2D eigenvalue weighted by atomic mass is 10.1. The lowest BCUT2D eigenvalue weighted by molar-refractivity contribution is -0.240. The Bertz CT molecular complexity index is 1750. The van der Waals surface area contributed by atoms with Crippen molar-refractivity contribution in [3.05, 3.63) is 23.0 Å². The van der Waals surface area contributed by atoms with Gasteiger partial charge in [-0.3, -0.25) is 14.3 Å². The van der Waals surface area contributed by atoms with Crippen molar-refractivity contribution in [3.8, 4) is 0 Å². The van der Waals surface area contributed by atoms with Crippen LogP contribution in [-0.4, -0.2) is 105 Å². The number of imidazole rings is 1. The van der Waals surface area contributed by atoms with Crippen LogP contribution in [0.3, 0.4) is 0 Å². The maximum atomic E-state index is 12.2. The summed E-state index contributed by atoms with van der Waals surface area (Å²) in [6.07, 6.45) is -3.48. The number of aliphatic hydroxyl groups is 2. The molecule has 2 fully saturated rings. The molecule has 2 saturated heterocycles. The number of nitrogens with zero attached hydrogens (tertiary/aromatic N) is 5. The molecule has 0 amide bonds. The maximum Gasteiger partial charge on any atom is 0.508 e. The fraction of sp³-hybridized carbons (Fsp3) is 0.550. The van der Waals surface area contributed by atoms with E-state index in [9.17, 15) is 38.8 Å². The Hall–Kier alpha value is -2.96. The summed E-state index contributed by atoms with van der Waals surface area (Å²) >= 11 is 0. The molecule has 3 aromatic heterocycles. The van der Waals surface area contributed by atoms with Crippen molar-refractivity contribution in [1.29, 1.82) is 0 Å². The molecule has 0 aliphatic carbocycles. The molecule has 3 aromatic rings. The Morgan fingerprint density at radius 2 is 1.90 bits per heavy atom. The molecule has 5 rings (SSSR count). The zero-order valence-corrected chi connectivity index (χ0v) is 27.2. The molecule has 28 heteroatoms. The summed E-state index contributed by atoms with van der Waals surface area (Å²) in [5.41, 5.74) is 11.5. The van der Waals surface area contributed by atoms with E-state index in [1.54, 1.807) is 4.57 Å². The predicted molar refractivity (Wildman–Crippen MR) is 160 cm³/mol. The number of hydrogen-bond donors (Lipinski definition) is 10. The minimum absolute atomic E-state index is 0.0575. The van der Waals surface area contributed by atoms with Gasteiger partial charge in [-0.25, -0.2) is 33.3 Å². The van der Waals surface area contributed by atoms with Crippen molar-refractivity contribution >= 4 is 58.7 Å². The first-order valence-corrected chi connectivity index (χ1v) is 17.7. The Labute approximate surface area is 269 Å². The molecule has 48 heavy (non-hydrogen) atoms. The zero-order valence-electron chi connectivity index (χ0n) is 24.5. The van der Waals surface area contributed by atoms with Crippen molar-refractivity contribution in [3.63, 3.8) is 0 Å². The highest BCUT2D eigenvalue weighted by molar-refractivity contribution is 7.65. The van der Waals surface area contributed by atoms with E-state index in [1.165, 1.54) is 19.7 Å². The summed E-state index contributed by atoms with van der Waals surface area (Å²) in [6, 6.07) is 0. The van der Waals surface area contributed by atoms with Gasteiger partial charge in [0.2, 0.25) is 5.95 Å². The van der Waals surface area contributed by atoms with Gasteiger partial charge in [0, 0.05) is 7.05 Å². The van der Waals surface area contributed by atoms with Crippen molar-refractivity contribution < 1.29 is 66.2 Å². The maximum absolute atomic E-state index is 12.2.